The fourth-order valence-corrected chi connectivity index (χ4v) is 4.70. The van der Waals surface area contributed by atoms with Gasteiger partial charge in [-0.15, -0.1) is 0 Å². The number of ether oxygens (including phenoxy) is 1. The molecule has 2 heterocycles. The molecule has 2 amide bonds. The number of fused-ring (bicyclic) bond motifs is 8. The van der Waals surface area contributed by atoms with Gasteiger partial charge in [0, 0.05) is 24.0 Å². The summed E-state index contributed by atoms with van der Waals surface area (Å²) in [5, 5.41) is 10.7. The molecule has 2 aliphatic heterocycles. The van der Waals surface area contributed by atoms with Crippen molar-refractivity contribution in [2.24, 2.45) is 23.7 Å². The lowest BCUT2D eigenvalue weighted by atomic mass is 9.81. The largest absolute Gasteiger partial charge is 0.369 e. The topological polar surface area (TPSA) is 93.1 Å². The van der Waals surface area contributed by atoms with E-state index in [4.69, 9.17) is 4.74 Å². The van der Waals surface area contributed by atoms with Gasteiger partial charge in [0.2, 0.25) is 11.8 Å². The summed E-state index contributed by atoms with van der Waals surface area (Å²) in [6, 6.07) is 5.57. The van der Waals surface area contributed by atoms with Crippen molar-refractivity contribution in [3.8, 4) is 0 Å². The van der Waals surface area contributed by atoms with Crippen molar-refractivity contribution in [1.82, 2.24) is 0 Å². The monoisotopic (exact) mass is 300 g/mol. The summed E-state index contributed by atoms with van der Waals surface area (Å²) < 4.78 is 5.56. The molecule has 2 saturated carbocycles. The molecule has 1 aromatic rings. The number of nitrogens with zero attached hydrogens (tertiary/aromatic N) is 2. The van der Waals surface area contributed by atoms with Gasteiger partial charge >= 0.3 is 0 Å². The van der Waals surface area contributed by atoms with Crippen LogP contribution in [0, 0.1) is 33.8 Å². The van der Waals surface area contributed by atoms with E-state index in [0.29, 0.717) is 5.69 Å². The highest BCUT2D eigenvalue weighted by Gasteiger charge is 2.73. The first-order chi connectivity index (χ1) is 10.6. The van der Waals surface area contributed by atoms with Crippen LogP contribution in [0.3, 0.4) is 0 Å². The predicted molar refractivity (Wildman–Crippen MR) is 72.8 cm³/mol. The molecule has 4 aliphatic rings. The Hall–Kier alpha value is -2.28. The van der Waals surface area contributed by atoms with Crippen LogP contribution in [0.1, 0.15) is 6.42 Å². The van der Waals surface area contributed by atoms with Crippen LogP contribution in [0.5, 0.6) is 0 Å². The first kappa shape index (κ1) is 12.3. The predicted octanol–water partition coefficient (Wildman–Crippen LogP) is 1.12. The summed E-state index contributed by atoms with van der Waals surface area (Å²) in [6.45, 7) is 0. The molecule has 4 fully saturated rings. The fraction of sp³-hybridized carbons (Fsp3) is 0.467. The van der Waals surface area contributed by atoms with Crippen molar-refractivity contribution in [2.45, 2.75) is 18.6 Å². The quantitative estimate of drug-likeness (QED) is 0.353. The minimum Gasteiger partial charge on any atom is -0.369 e. The van der Waals surface area contributed by atoms with Crippen molar-refractivity contribution < 1.29 is 19.2 Å². The molecule has 2 aliphatic carbocycles. The van der Waals surface area contributed by atoms with Gasteiger partial charge < -0.3 is 4.74 Å². The van der Waals surface area contributed by atoms with Gasteiger partial charge in [-0.2, -0.15) is 0 Å². The third-order valence-electron chi connectivity index (χ3n) is 5.59. The highest BCUT2D eigenvalue weighted by molar-refractivity contribution is 6.22. The summed E-state index contributed by atoms with van der Waals surface area (Å²) >= 11 is 0. The second-order valence-corrected chi connectivity index (χ2v) is 6.47. The van der Waals surface area contributed by atoms with Crippen molar-refractivity contribution >= 4 is 23.2 Å². The summed E-state index contributed by atoms with van der Waals surface area (Å²) in [5.41, 5.74) is 0.363. The molecule has 5 rings (SSSR count). The molecule has 7 nitrogen and oxygen atoms in total. The normalized spacial score (nSPS) is 40.8. The molecule has 0 spiro atoms. The zero-order chi connectivity index (χ0) is 15.2. The summed E-state index contributed by atoms with van der Waals surface area (Å²) in [5.74, 6) is -0.553. The molecule has 0 unspecified atom stereocenters. The minimum atomic E-state index is -0.503. The van der Waals surface area contributed by atoms with Crippen LogP contribution in [-0.2, 0) is 14.3 Å². The third-order valence-corrected chi connectivity index (χ3v) is 5.59. The molecule has 0 radical (unpaired) electrons. The summed E-state index contributed by atoms with van der Waals surface area (Å²) in [6.07, 6.45) is 1.25. The molecule has 22 heavy (non-hydrogen) atoms. The lowest BCUT2D eigenvalue weighted by molar-refractivity contribution is -0.384. The number of epoxide rings is 1. The van der Waals surface area contributed by atoms with Crippen molar-refractivity contribution in [3.63, 3.8) is 0 Å². The van der Waals surface area contributed by atoms with E-state index in [-0.39, 0.29) is 53.4 Å². The Morgan fingerprint density at radius 2 is 1.59 bits per heavy atom. The van der Waals surface area contributed by atoms with E-state index in [1.165, 1.54) is 29.2 Å². The molecule has 112 valence electrons. The second kappa shape index (κ2) is 3.73. The van der Waals surface area contributed by atoms with Crippen LogP contribution in [0.2, 0.25) is 0 Å². The van der Waals surface area contributed by atoms with Crippen molar-refractivity contribution in [2.75, 3.05) is 4.90 Å². The molecule has 6 atom stereocenters. The van der Waals surface area contributed by atoms with E-state index in [9.17, 15) is 19.7 Å². The molecule has 0 N–H and O–H groups in total. The van der Waals surface area contributed by atoms with Crippen LogP contribution in [0.25, 0.3) is 0 Å². The van der Waals surface area contributed by atoms with Gasteiger partial charge in [0.1, 0.15) is 0 Å². The first-order valence-electron chi connectivity index (χ1n) is 7.35. The zero-order valence-electron chi connectivity index (χ0n) is 11.4. The number of hydrogen-bond donors (Lipinski definition) is 0. The van der Waals surface area contributed by atoms with E-state index in [2.05, 4.69) is 0 Å². The van der Waals surface area contributed by atoms with Crippen molar-refractivity contribution in [3.05, 3.63) is 34.4 Å². The van der Waals surface area contributed by atoms with Gasteiger partial charge in [-0.3, -0.25) is 24.6 Å². The van der Waals surface area contributed by atoms with E-state index < -0.39 is 4.92 Å². The molecule has 2 saturated heterocycles. The Morgan fingerprint density at radius 3 is 2.09 bits per heavy atom. The van der Waals surface area contributed by atoms with Crippen LogP contribution in [0.4, 0.5) is 11.4 Å². The molecule has 0 aromatic heterocycles. The summed E-state index contributed by atoms with van der Waals surface area (Å²) in [4.78, 5) is 36.8. The van der Waals surface area contributed by atoms with E-state index in [0.717, 1.165) is 6.42 Å². The third kappa shape index (κ3) is 1.30. The van der Waals surface area contributed by atoms with Gasteiger partial charge in [0.05, 0.1) is 34.7 Å². The average Bonchev–Trinajstić information content (AvgIpc) is 3.02. The van der Waals surface area contributed by atoms with E-state index in [1.54, 1.807) is 0 Å². The zero-order valence-corrected chi connectivity index (χ0v) is 11.4. The molecular formula is C15H12N2O5. The fourth-order valence-electron chi connectivity index (χ4n) is 4.70. The summed E-state index contributed by atoms with van der Waals surface area (Å²) in [7, 11) is 0. The van der Waals surface area contributed by atoms with Gasteiger partial charge in [-0.25, -0.2) is 0 Å². The maximum absolute atomic E-state index is 12.7. The maximum atomic E-state index is 12.7. The number of nitro benzene ring substituents is 1. The van der Waals surface area contributed by atoms with E-state index in [1.807, 2.05) is 0 Å². The number of benzene rings is 1. The SMILES string of the molecule is O=C1[C@@H]2[C@H]3C[C@@H]([C@@H]4O[C@@H]34)[C@@H]2C(=O)N1c1ccc([N+](=O)[O-])cc1. The molecule has 7 heteroatoms. The first-order valence-corrected chi connectivity index (χ1v) is 7.35. The van der Waals surface area contributed by atoms with Gasteiger partial charge in [-0.05, 0) is 18.6 Å². The lowest BCUT2D eigenvalue weighted by Gasteiger charge is -2.17. The second-order valence-electron chi connectivity index (χ2n) is 6.47. The lowest BCUT2D eigenvalue weighted by Crippen LogP contribution is -2.33. The number of hydrogen-bond acceptors (Lipinski definition) is 5. The van der Waals surface area contributed by atoms with Crippen LogP contribution >= 0.6 is 0 Å². The van der Waals surface area contributed by atoms with Gasteiger partial charge in [-0.1, -0.05) is 0 Å². The molecule has 2 bridgehead atoms. The van der Waals surface area contributed by atoms with Crippen LogP contribution < -0.4 is 4.90 Å². The van der Waals surface area contributed by atoms with Crippen LogP contribution in [-0.4, -0.2) is 28.9 Å². The number of nitro groups is 1. The smallest absolute Gasteiger partial charge is 0.269 e. The average molecular weight is 300 g/mol. The van der Waals surface area contributed by atoms with Crippen LogP contribution in [0.15, 0.2) is 24.3 Å². The van der Waals surface area contributed by atoms with E-state index >= 15 is 0 Å². The Labute approximate surface area is 125 Å². The maximum Gasteiger partial charge on any atom is 0.269 e. The highest BCUT2D eigenvalue weighted by Crippen LogP contribution is 2.64. The molecular weight excluding hydrogens is 288 g/mol. The highest BCUT2D eigenvalue weighted by atomic mass is 16.6. The van der Waals surface area contributed by atoms with Gasteiger partial charge in [0.15, 0.2) is 0 Å². The number of imide groups is 1. The number of amides is 2. The Bertz CT molecular complexity index is 698. The number of anilines is 1. The number of carbonyl (C=O) groups excluding carboxylic acids is 2. The Morgan fingerprint density at radius 1 is 1.05 bits per heavy atom. The Kier molecular flexibility index (Phi) is 2.08. The standard InChI is InChI=1S/C15H12N2O5/c18-14-10-8-5-9(13-12(8)22-13)11(10)15(19)16(14)6-1-3-7(4-2-6)17(20)21/h1-4,8-13H,5H2/t8-,9-,10-,11+,12+,13+/m1/s1. The van der Waals surface area contributed by atoms with Crippen molar-refractivity contribution in [1.29, 1.82) is 0 Å². The number of non-ortho nitro benzene ring substituents is 1. The molecule has 1 aromatic carbocycles. The minimum absolute atomic E-state index is 0.0576. The number of rotatable bonds is 2. The Balaban J connectivity index is 1.50. The number of carbonyl (C=O) groups is 2. The van der Waals surface area contributed by atoms with Gasteiger partial charge in [0.25, 0.3) is 5.69 Å².